The molecule has 4 heteroatoms. The van der Waals surface area contributed by atoms with Gasteiger partial charge >= 0.3 is 0 Å². The van der Waals surface area contributed by atoms with Gasteiger partial charge < -0.3 is 10.1 Å². The van der Waals surface area contributed by atoms with Crippen molar-refractivity contribution >= 4 is 11.3 Å². The fraction of sp³-hybridized carbons (Fsp3) is 0.750. The van der Waals surface area contributed by atoms with E-state index in [0.29, 0.717) is 6.04 Å². The lowest BCUT2D eigenvalue weighted by molar-refractivity contribution is 0.0699. The van der Waals surface area contributed by atoms with Crippen LogP contribution in [0, 0.1) is 0 Å². The monoisotopic (exact) mass is 238 g/mol. The van der Waals surface area contributed by atoms with Crippen molar-refractivity contribution in [3.8, 4) is 0 Å². The summed E-state index contributed by atoms with van der Waals surface area (Å²) in [5.74, 6) is 0.781. The van der Waals surface area contributed by atoms with Gasteiger partial charge in [0.1, 0.15) is 5.01 Å². The van der Waals surface area contributed by atoms with E-state index in [1.165, 1.54) is 36.4 Å². The fourth-order valence-electron chi connectivity index (χ4n) is 2.11. The summed E-state index contributed by atoms with van der Waals surface area (Å²) in [5, 5.41) is 6.99. The Kier molecular flexibility index (Phi) is 3.22. The predicted octanol–water partition coefficient (Wildman–Crippen LogP) is 2.29. The van der Waals surface area contributed by atoms with E-state index in [0.717, 1.165) is 25.7 Å². The van der Waals surface area contributed by atoms with Crippen LogP contribution in [0.1, 0.15) is 42.3 Å². The molecule has 1 aliphatic heterocycles. The molecule has 1 saturated carbocycles. The Balaban J connectivity index is 1.49. The van der Waals surface area contributed by atoms with Gasteiger partial charge in [0.2, 0.25) is 0 Å². The van der Waals surface area contributed by atoms with E-state index in [4.69, 9.17) is 4.74 Å². The topological polar surface area (TPSA) is 34.1 Å². The second kappa shape index (κ2) is 4.82. The van der Waals surface area contributed by atoms with Crippen LogP contribution in [0.4, 0.5) is 0 Å². The summed E-state index contributed by atoms with van der Waals surface area (Å²) in [4.78, 5) is 4.67. The van der Waals surface area contributed by atoms with Gasteiger partial charge in [0.05, 0.1) is 12.3 Å². The quantitative estimate of drug-likeness (QED) is 0.874. The number of hydrogen-bond acceptors (Lipinski definition) is 4. The first-order valence-corrected chi connectivity index (χ1v) is 7.05. The van der Waals surface area contributed by atoms with Gasteiger partial charge in [0, 0.05) is 30.5 Å². The Morgan fingerprint density at radius 1 is 1.44 bits per heavy atom. The molecule has 0 radical (unpaired) electrons. The molecule has 16 heavy (non-hydrogen) atoms. The van der Waals surface area contributed by atoms with E-state index in [2.05, 4.69) is 15.7 Å². The zero-order valence-electron chi connectivity index (χ0n) is 9.45. The zero-order chi connectivity index (χ0) is 10.8. The summed E-state index contributed by atoms with van der Waals surface area (Å²) in [6.45, 7) is 2.70. The van der Waals surface area contributed by atoms with Crippen LogP contribution in [-0.2, 0) is 11.3 Å². The third-order valence-corrected chi connectivity index (χ3v) is 4.13. The largest absolute Gasteiger partial charge is 0.380 e. The molecule has 0 amide bonds. The SMILES string of the molecule is c1sc(CNC2CCCOC2)nc1C1CC1. The van der Waals surface area contributed by atoms with Crippen LogP contribution < -0.4 is 5.32 Å². The summed E-state index contributed by atoms with van der Waals surface area (Å²) in [6.07, 6.45) is 5.10. The number of thiazole rings is 1. The first kappa shape index (κ1) is 10.7. The fourth-order valence-corrected chi connectivity index (χ4v) is 2.93. The Morgan fingerprint density at radius 2 is 2.38 bits per heavy atom. The van der Waals surface area contributed by atoms with Gasteiger partial charge in [0.15, 0.2) is 0 Å². The van der Waals surface area contributed by atoms with Crippen molar-refractivity contribution in [2.75, 3.05) is 13.2 Å². The maximum Gasteiger partial charge on any atom is 0.107 e. The second-order valence-corrected chi connectivity index (χ2v) is 5.68. The van der Waals surface area contributed by atoms with Gasteiger partial charge in [-0.2, -0.15) is 0 Å². The second-order valence-electron chi connectivity index (χ2n) is 4.74. The molecule has 1 saturated heterocycles. The smallest absolute Gasteiger partial charge is 0.107 e. The van der Waals surface area contributed by atoms with Gasteiger partial charge in [-0.05, 0) is 25.7 Å². The van der Waals surface area contributed by atoms with Gasteiger partial charge in [-0.15, -0.1) is 11.3 Å². The number of ether oxygens (including phenoxy) is 1. The van der Waals surface area contributed by atoms with Crippen LogP contribution in [0.5, 0.6) is 0 Å². The summed E-state index contributed by atoms with van der Waals surface area (Å²) < 4.78 is 5.44. The molecule has 1 unspecified atom stereocenters. The maximum atomic E-state index is 5.44. The molecule has 1 aromatic heterocycles. The van der Waals surface area contributed by atoms with Gasteiger partial charge in [-0.25, -0.2) is 4.98 Å². The minimum atomic E-state index is 0.530. The van der Waals surface area contributed by atoms with E-state index >= 15 is 0 Å². The highest BCUT2D eigenvalue weighted by Crippen LogP contribution is 2.40. The molecular formula is C12H18N2OS. The van der Waals surface area contributed by atoms with Crippen molar-refractivity contribution < 1.29 is 4.74 Å². The van der Waals surface area contributed by atoms with E-state index in [9.17, 15) is 0 Å². The molecule has 1 aromatic rings. The van der Waals surface area contributed by atoms with E-state index in [1.807, 2.05) is 0 Å². The van der Waals surface area contributed by atoms with Gasteiger partial charge in [-0.3, -0.25) is 0 Å². The van der Waals surface area contributed by atoms with Crippen molar-refractivity contribution in [3.63, 3.8) is 0 Å². The van der Waals surface area contributed by atoms with Gasteiger partial charge in [-0.1, -0.05) is 0 Å². The van der Waals surface area contributed by atoms with E-state index in [1.54, 1.807) is 11.3 Å². The highest BCUT2D eigenvalue weighted by molar-refractivity contribution is 7.09. The number of nitrogens with one attached hydrogen (secondary N) is 1. The summed E-state index contributed by atoms with van der Waals surface area (Å²) in [7, 11) is 0. The Morgan fingerprint density at radius 3 is 3.12 bits per heavy atom. The standard InChI is InChI=1S/C12H18N2OS/c1-2-10(7-15-5-1)13-6-12-14-11(8-16-12)9-3-4-9/h8-10,13H,1-7H2. The van der Waals surface area contributed by atoms with Crippen LogP contribution >= 0.6 is 11.3 Å². The van der Waals surface area contributed by atoms with Crippen LogP contribution in [-0.4, -0.2) is 24.2 Å². The predicted molar refractivity (Wildman–Crippen MR) is 64.8 cm³/mol. The van der Waals surface area contributed by atoms with Crippen LogP contribution in [0.25, 0.3) is 0 Å². The summed E-state index contributed by atoms with van der Waals surface area (Å²) in [6, 6.07) is 0.530. The summed E-state index contributed by atoms with van der Waals surface area (Å²) >= 11 is 1.79. The number of rotatable bonds is 4. The van der Waals surface area contributed by atoms with Crippen LogP contribution in [0.15, 0.2) is 5.38 Å². The van der Waals surface area contributed by atoms with Crippen molar-refractivity contribution in [2.45, 2.75) is 44.2 Å². The normalized spacial score (nSPS) is 25.9. The van der Waals surface area contributed by atoms with E-state index in [-0.39, 0.29) is 0 Å². The number of hydrogen-bond donors (Lipinski definition) is 1. The molecule has 0 bridgehead atoms. The van der Waals surface area contributed by atoms with Gasteiger partial charge in [0.25, 0.3) is 0 Å². The molecule has 2 aliphatic rings. The summed E-state index contributed by atoms with van der Waals surface area (Å²) in [5.41, 5.74) is 1.32. The molecular weight excluding hydrogens is 220 g/mol. The molecule has 88 valence electrons. The third-order valence-electron chi connectivity index (χ3n) is 3.27. The molecule has 3 nitrogen and oxygen atoms in total. The first-order chi connectivity index (χ1) is 7.92. The lowest BCUT2D eigenvalue weighted by Gasteiger charge is -2.22. The molecule has 3 rings (SSSR count). The lowest BCUT2D eigenvalue weighted by Crippen LogP contribution is -2.36. The molecule has 2 fully saturated rings. The van der Waals surface area contributed by atoms with Crippen molar-refractivity contribution in [3.05, 3.63) is 16.1 Å². The zero-order valence-corrected chi connectivity index (χ0v) is 10.3. The number of aromatic nitrogens is 1. The van der Waals surface area contributed by atoms with Crippen LogP contribution in [0.2, 0.25) is 0 Å². The maximum absolute atomic E-state index is 5.44. The van der Waals surface area contributed by atoms with Crippen molar-refractivity contribution in [1.29, 1.82) is 0 Å². The molecule has 1 atom stereocenters. The average molecular weight is 238 g/mol. The molecule has 1 N–H and O–H groups in total. The first-order valence-electron chi connectivity index (χ1n) is 6.17. The average Bonchev–Trinajstić information content (AvgIpc) is 3.08. The van der Waals surface area contributed by atoms with E-state index < -0.39 is 0 Å². The Labute approximate surface area is 100 Å². The Hall–Kier alpha value is -0.450. The molecule has 2 heterocycles. The van der Waals surface area contributed by atoms with Crippen molar-refractivity contribution in [2.24, 2.45) is 0 Å². The minimum Gasteiger partial charge on any atom is -0.380 e. The molecule has 1 aliphatic carbocycles. The Bertz CT molecular complexity index is 343. The third kappa shape index (κ3) is 2.62. The highest BCUT2D eigenvalue weighted by atomic mass is 32.1. The van der Waals surface area contributed by atoms with Crippen LogP contribution in [0.3, 0.4) is 0 Å². The number of nitrogens with zero attached hydrogens (tertiary/aromatic N) is 1. The van der Waals surface area contributed by atoms with Crippen molar-refractivity contribution in [1.82, 2.24) is 10.3 Å². The molecule has 0 aromatic carbocycles. The minimum absolute atomic E-state index is 0.530. The highest BCUT2D eigenvalue weighted by Gasteiger charge is 2.26. The lowest BCUT2D eigenvalue weighted by atomic mass is 10.1. The molecule has 0 spiro atoms.